The van der Waals surface area contributed by atoms with Crippen LogP contribution in [0.3, 0.4) is 0 Å². The summed E-state index contributed by atoms with van der Waals surface area (Å²) in [6.07, 6.45) is 4.35. The molecule has 2 heterocycles. The van der Waals surface area contributed by atoms with E-state index in [1.807, 2.05) is 11.0 Å². The predicted molar refractivity (Wildman–Crippen MR) is 66.8 cm³/mol. The maximum absolute atomic E-state index is 9.89. The molecule has 1 atom stereocenters. The number of pyridine rings is 1. The Morgan fingerprint density at radius 2 is 2.20 bits per heavy atom. The van der Waals surface area contributed by atoms with E-state index in [2.05, 4.69) is 36.8 Å². The number of aromatic nitrogens is 1. The molecule has 15 heavy (non-hydrogen) atoms. The van der Waals surface area contributed by atoms with Gasteiger partial charge in [-0.05, 0) is 57.2 Å². The molecule has 1 aliphatic rings. The van der Waals surface area contributed by atoms with Crippen LogP contribution in [-0.2, 0) is 0 Å². The first-order valence-electron chi connectivity index (χ1n) is 4.95. The van der Waals surface area contributed by atoms with E-state index in [0.29, 0.717) is 0 Å². The minimum absolute atomic E-state index is 0.406. The number of piperidine rings is 1. The third kappa shape index (κ3) is 2.34. The molecule has 1 aliphatic heterocycles. The Kier molecular flexibility index (Phi) is 3.64. The summed E-state index contributed by atoms with van der Waals surface area (Å²) in [6.45, 7) is 0.864. The fraction of sp³-hybridized carbons (Fsp3) is 0.500. The third-order valence-electron chi connectivity index (χ3n) is 2.57. The molecule has 5 heteroatoms. The highest BCUT2D eigenvalue weighted by Crippen LogP contribution is 2.33. The summed E-state index contributed by atoms with van der Waals surface area (Å²) in [7, 11) is 0. The van der Waals surface area contributed by atoms with E-state index in [-0.39, 0.29) is 0 Å². The number of nitrogens with zero attached hydrogens (tertiary/aromatic N) is 2. The standard InChI is InChI=1S/C10H12Br2N2O/c11-7-4-5-13-10(9(7)12)14-6-2-1-3-8(14)15/h4-5,8,15H,1-3,6H2. The highest BCUT2D eigenvalue weighted by molar-refractivity contribution is 9.13. The number of hydrogen-bond donors (Lipinski definition) is 1. The Labute approximate surface area is 106 Å². The van der Waals surface area contributed by atoms with E-state index in [4.69, 9.17) is 0 Å². The predicted octanol–water partition coefficient (Wildman–Crippen LogP) is 2.92. The molecule has 2 rings (SSSR count). The lowest BCUT2D eigenvalue weighted by Crippen LogP contribution is -2.40. The molecule has 1 saturated heterocycles. The lowest BCUT2D eigenvalue weighted by Gasteiger charge is -2.33. The molecule has 1 aromatic rings. The Hall–Kier alpha value is -0.130. The van der Waals surface area contributed by atoms with E-state index >= 15 is 0 Å². The monoisotopic (exact) mass is 334 g/mol. The van der Waals surface area contributed by atoms with Gasteiger partial charge in [-0.15, -0.1) is 0 Å². The zero-order valence-corrected chi connectivity index (χ0v) is 11.3. The average molecular weight is 336 g/mol. The maximum Gasteiger partial charge on any atom is 0.146 e. The minimum atomic E-state index is -0.406. The van der Waals surface area contributed by atoms with Gasteiger partial charge in [0.2, 0.25) is 0 Å². The molecular formula is C10H12Br2N2O. The third-order valence-corrected chi connectivity index (χ3v) is 4.54. The van der Waals surface area contributed by atoms with Crippen molar-refractivity contribution < 1.29 is 5.11 Å². The fourth-order valence-electron chi connectivity index (χ4n) is 1.77. The van der Waals surface area contributed by atoms with Crippen molar-refractivity contribution in [2.45, 2.75) is 25.5 Å². The first-order chi connectivity index (χ1) is 7.20. The summed E-state index contributed by atoms with van der Waals surface area (Å²) >= 11 is 6.92. The summed E-state index contributed by atoms with van der Waals surface area (Å²) in [6, 6.07) is 1.88. The summed E-state index contributed by atoms with van der Waals surface area (Å²) in [5.74, 6) is 0.816. The molecule has 1 aromatic heterocycles. The highest BCUT2D eigenvalue weighted by atomic mass is 79.9. The van der Waals surface area contributed by atoms with Gasteiger partial charge in [0.15, 0.2) is 0 Å². The Bertz CT molecular complexity index is 359. The van der Waals surface area contributed by atoms with Gasteiger partial charge in [-0.2, -0.15) is 0 Å². The smallest absolute Gasteiger partial charge is 0.146 e. The second-order valence-electron chi connectivity index (χ2n) is 3.60. The lowest BCUT2D eigenvalue weighted by atomic mass is 10.1. The van der Waals surface area contributed by atoms with Crippen LogP contribution < -0.4 is 4.90 Å². The second-order valence-corrected chi connectivity index (χ2v) is 5.25. The molecule has 0 aliphatic carbocycles. The number of aliphatic hydroxyl groups is 1. The quantitative estimate of drug-likeness (QED) is 0.857. The van der Waals surface area contributed by atoms with Crippen molar-refractivity contribution in [2.24, 2.45) is 0 Å². The largest absolute Gasteiger partial charge is 0.374 e. The first-order valence-corrected chi connectivity index (χ1v) is 6.53. The minimum Gasteiger partial charge on any atom is -0.374 e. The van der Waals surface area contributed by atoms with E-state index in [9.17, 15) is 5.11 Å². The van der Waals surface area contributed by atoms with Gasteiger partial charge < -0.3 is 10.0 Å². The number of halogens is 2. The SMILES string of the molecule is OC1CCCCN1c1nccc(Br)c1Br. The van der Waals surface area contributed by atoms with E-state index in [1.54, 1.807) is 6.20 Å². The highest BCUT2D eigenvalue weighted by Gasteiger charge is 2.23. The molecular weight excluding hydrogens is 324 g/mol. The van der Waals surface area contributed by atoms with E-state index in [1.165, 1.54) is 0 Å². The van der Waals surface area contributed by atoms with Crippen molar-refractivity contribution in [1.82, 2.24) is 4.98 Å². The number of hydrogen-bond acceptors (Lipinski definition) is 3. The molecule has 0 aromatic carbocycles. The van der Waals surface area contributed by atoms with Crippen molar-refractivity contribution in [3.05, 3.63) is 21.2 Å². The van der Waals surface area contributed by atoms with Crippen LogP contribution in [0.4, 0.5) is 5.82 Å². The van der Waals surface area contributed by atoms with Gasteiger partial charge in [0.25, 0.3) is 0 Å². The van der Waals surface area contributed by atoms with Crippen molar-refractivity contribution in [2.75, 3.05) is 11.4 Å². The molecule has 0 amide bonds. The number of rotatable bonds is 1. The maximum atomic E-state index is 9.89. The topological polar surface area (TPSA) is 36.4 Å². The van der Waals surface area contributed by atoms with Gasteiger partial charge in [-0.3, -0.25) is 0 Å². The molecule has 1 unspecified atom stereocenters. The molecule has 0 radical (unpaired) electrons. The van der Waals surface area contributed by atoms with Crippen LogP contribution in [0.15, 0.2) is 21.2 Å². The molecule has 0 bridgehead atoms. The Morgan fingerprint density at radius 3 is 2.93 bits per heavy atom. The molecule has 0 saturated carbocycles. The van der Waals surface area contributed by atoms with Gasteiger partial charge in [0.05, 0.1) is 4.47 Å². The van der Waals surface area contributed by atoms with Gasteiger partial charge >= 0.3 is 0 Å². The van der Waals surface area contributed by atoms with Crippen molar-refractivity contribution >= 4 is 37.7 Å². The van der Waals surface area contributed by atoms with E-state index in [0.717, 1.165) is 40.6 Å². The van der Waals surface area contributed by atoms with Crippen LogP contribution in [0.2, 0.25) is 0 Å². The normalized spacial score (nSPS) is 21.8. The molecule has 82 valence electrons. The Morgan fingerprint density at radius 1 is 1.40 bits per heavy atom. The van der Waals surface area contributed by atoms with Gasteiger partial charge in [-0.1, -0.05) is 0 Å². The van der Waals surface area contributed by atoms with Crippen LogP contribution in [0.25, 0.3) is 0 Å². The van der Waals surface area contributed by atoms with Gasteiger partial charge in [-0.25, -0.2) is 4.98 Å². The van der Waals surface area contributed by atoms with Crippen molar-refractivity contribution in [1.29, 1.82) is 0 Å². The van der Waals surface area contributed by atoms with Crippen LogP contribution >= 0.6 is 31.9 Å². The van der Waals surface area contributed by atoms with Crippen molar-refractivity contribution in [3.63, 3.8) is 0 Å². The van der Waals surface area contributed by atoms with Crippen LogP contribution in [-0.4, -0.2) is 22.9 Å². The number of anilines is 1. The summed E-state index contributed by atoms with van der Waals surface area (Å²) in [5.41, 5.74) is 0. The van der Waals surface area contributed by atoms with Gasteiger partial charge in [0.1, 0.15) is 12.0 Å². The summed E-state index contributed by atoms with van der Waals surface area (Å²) in [4.78, 5) is 6.25. The zero-order chi connectivity index (χ0) is 10.8. The molecule has 1 N–H and O–H groups in total. The summed E-state index contributed by atoms with van der Waals surface area (Å²) < 4.78 is 1.87. The number of aliphatic hydroxyl groups excluding tert-OH is 1. The van der Waals surface area contributed by atoms with E-state index < -0.39 is 6.23 Å². The Balaban J connectivity index is 2.31. The van der Waals surface area contributed by atoms with Crippen LogP contribution in [0.5, 0.6) is 0 Å². The fourth-order valence-corrected chi connectivity index (χ4v) is 2.53. The van der Waals surface area contributed by atoms with Crippen molar-refractivity contribution in [3.8, 4) is 0 Å². The molecule has 1 fully saturated rings. The zero-order valence-electron chi connectivity index (χ0n) is 8.16. The average Bonchev–Trinajstić information content (AvgIpc) is 2.23. The summed E-state index contributed by atoms with van der Waals surface area (Å²) in [5, 5.41) is 9.89. The lowest BCUT2D eigenvalue weighted by molar-refractivity contribution is 0.139. The van der Waals surface area contributed by atoms with Gasteiger partial charge in [0, 0.05) is 17.2 Å². The second kappa shape index (κ2) is 4.80. The van der Waals surface area contributed by atoms with Crippen LogP contribution in [0, 0.1) is 0 Å². The first kappa shape index (κ1) is 11.4. The molecule has 0 spiro atoms. The molecule has 3 nitrogen and oxygen atoms in total. The van der Waals surface area contributed by atoms with Crippen LogP contribution in [0.1, 0.15) is 19.3 Å².